The predicted molar refractivity (Wildman–Crippen MR) is 135 cm³/mol. The van der Waals surface area contributed by atoms with Crippen molar-refractivity contribution in [1.29, 1.82) is 0 Å². The van der Waals surface area contributed by atoms with E-state index >= 15 is 0 Å². The molecule has 1 heterocycles. The maximum atomic E-state index is 13.4. The van der Waals surface area contributed by atoms with Crippen LogP contribution in [0.3, 0.4) is 0 Å². The van der Waals surface area contributed by atoms with Crippen molar-refractivity contribution in [2.24, 2.45) is 0 Å². The molecule has 8 nitrogen and oxygen atoms in total. The van der Waals surface area contributed by atoms with Gasteiger partial charge in [0.05, 0.1) is 42.1 Å². The Kier molecular flexibility index (Phi) is 6.75. The lowest BCUT2D eigenvalue weighted by Crippen LogP contribution is -2.29. The van der Waals surface area contributed by atoms with Crippen LogP contribution in [0.2, 0.25) is 10.0 Å². The van der Waals surface area contributed by atoms with Gasteiger partial charge >= 0.3 is 0 Å². The zero-order valence-corrected chi connectivity index (χ0v) is 20.9. The molecule has 0 aromatic heterocycles. The van der Waals surface area contributed by atoms with Crippen LogP contribution in [-0.4, -0.2) is 41.2 Å². The van der Waals surface area contributed by atoms with Gasteiger partial charge in [0.25, 0.3) is 11.7 Å². The zero-order chi connectivity index (χ0) is 26.3. The van der Waals surface area contributed by atoms with Gasteiger partial charge in [-0.3, -0.25) is 14.5 Å². The van der Waals surface area contributed by atoms with E-state index in [1.54, 1.807) is 19.1 Å². The molecule has 3 aromatic carbocycles. The second-order valence-corrected chi connectivity index (χ2v) is 8.82. The quantitative estimate of drug-likeness (QED) is 0.231. The molecule has 0 spiro atoms. The summed E-state index contributed by atoms with van der Waals surface area (Å²) in [6, 6.07) is 10.5. The van der Waals surface area contributed by atoms with Gasteiger partial charge in [-0.05, 0) is 48.4 Å². The number of carbonyl (C=O) groups excluding carboxylic acids is 2. The van der Waals surface area contributed by atoms with E-state index in [0.717, 1.165) is 10.5 Å². The molecule has 0 saturated carbocycles. The highest BCUT2D eigenvalue weighted by atomic mass is 35.5. The van der Waals surface area contributed by atoms with Gasteiger partial charge in [0.15, 0.2) is 11.5 Å². The van der Waals surface area contributed by atoms with Gasteiger partial charge in [-0.2, -0.15) is 0 Å². The Morgan fingerprint density at radius 1 is 0.944 bits per heavy atom. The highest BCUT2D eigenvalue weighted by Gasteiger charge is 2.48. The molecule has 0 radical (unpaired) electrons. The van der Waals surface area contributed by atoms with Gasteiger partial charge in [-0.25, -0.2) is 0 Å². The molecule has 3 aromatic rings. The third kappa shape index (κ3) is 4.08. The summed E-state index contributed by atoms with van der Waals surface area (Å²) in [5, 5.41) is 31.8. The summed E-state index contributed by atoms with van der Waals surface area (Å²) in [4.78, 5) is 27.8. The van der Waals surface area contributed by atoms with Crippen LogP contribution in [0.1, 0.15) is 22.7 Å². The molecule has 1 aliphatic rings. The Morgan fingerprint density at radius 3 is 2.19 bits per heavy atom. The standard InChI is InChI=1S/C26H21Cl2NO7/c1-12-4-9-18(31)17(10-12)29-21(13-5-7-14(30)8-6-13)19(23(33)26(29)34)22(32)15-11-16(27)25(36-3)20(28)24(15)35-2/h4-11,21,30-32H,1-3H3/b22-19+. The van der Waals surface area contributed by atoms with Crippen molar-refractivity contribution < 1.29 is 34.4 Å². The van der Waals surface area contributed by atoms with E-state index < -0.39 is 23.5 Å². The van der Waals surface area contributed by atoms with Gasteiger partial charge in [-0.1, -0.05) is 41.4 Å². The van der Waals surface area contributed by atoms with Gasteiger partial charge in [-0.15, -0.1) is 0 Å². The molecule has 0 bridgehead atoms. The van der Waals surface area contributed by atoms with E-state index in [-0.39, 0.29) is 49.9 Å². The number of aliphatic hydroxyl groups excluding tert-OH is 1. The number of aryl methyl sites for hydroxylation is 1. The SMILES string of the molecule is COc1c(Cl)cc(/C(O)=C2\C(=O)C(=O)N(c3cc(C)ccc3O)C2c2ccc(O)cc2)c(OC)c1Cl. The molecule has 1 unspecified atom stereocenters. The van der Waals surface area contributed by atoms with Crippen molar-refractivity contribution in [3.05, 3.63) is 80.8 Å². The fraction of sp³-hybridized carbons (Fsp3) is 0.154. The number of Topliss-reactive ketones (excluding diaryl/α,β-unsaturated/α-hetero) is 1. The van der Waals surface area contributed by atoms with E-state index in [0.29, 0.717) is 5.56 Å². The van der Waals surface area contributed by atoms with Gasteiger partial charge < -0.3 is 24.8 Å². The smallest absolute Gasteiger partial charge is 0.300 e. The molecule has 1 amide bonds. The topological polar surface area (TPSA) is 117 Å². The molecular weight excluding hydrogens is 509 g/mol. The number of methoxy groups -OCH3 is 2. The number of benzene rings is 3. The van der Waals surface area contributed by atoms with Gasteiger partial charge in [0.1, 0.15) is 22.3 Å². The Morgan fingerprint density at radius 2 is 1.58 bits per heavy atom. The van der Waals surface area contributed by atoms with Crippen molar-refractivity contribution in [3.63, 3.8) is 0 Å². The van der Waals surface area contributed by atoms with Crippen molar-refractivity contribution in [1.82, 2.24) is 0 Å². The third-order valence-electron chi connectivity index (χ3n) is 5.84. The summed E-state index contributed by atoms with van der Waals surface area (Å²) >= 11 is 12.7. The number of phenols is 2. The number of hydrogen-bond donors (Lipinski definition) is 3. The third-order valence-corrected chi connectivity index (χ3v) is 6.46. The predicted octanol–water partition coefficient (Wildman–Crippen LogP) is 5.36. The van der Waals surface area contributed by atoms with E-state index in [2.05, 4.69) is 0 Å². The number of ketones is 1. The Bertz CT molecular complexity index is 1420. The van der Waals surface area contributed by atoms with E-state index in [4.69, 9.17) is 32.7 Å². The molecule has 1 aliphatic heterocycles. The molecule has 0 aliphatic carbocycles. The number of carbonyl (C=O) groups is 2. The van der Waals surface area contributed by atoms with Gasteiger partial charge in [0, 0.05) is 0 Å². The maximum Gasteiger partial charge on any atom is 0.300 e. The van der Waals surface area contributed by atoms with E-state index in [1.807, 2.05) is 0 Å². The highest BCUT2D eigenvalue weighted by Crippen LogP contribution is 2.49. The van der Waals surface area contributed by atoms with Crippen LogP contribution >= 0.6 is 23.2 Å². The second kappa shape index (κ2) is 9.64. The number of ether oxygens (including phenoxy) is 2. The van der Waals surface area contributed by atoms with Crippen LogP contribution in [-0.2, 0) is 9.59 Å². The average Bonchev–Trinajstić information content (AvgIpc) is 3.11. The minimum Gasteiger partial charge on any atom is -0.508 e. The number of aromatic hydroxyl groups is 2. The molecule has 1 atom stereocenters. The fourth-order valence-corrected chi connectivity index (χ4v) is 4.86. The van der Waals surface area contributed by atoms with Crippen molar-refractivity contribution in [3.8, 4) is 23.0 Å². The zero-order valence-electron chi connectivity index (χ0n) is 19.4. The first-order valence-corrected chi connectivity index (χ1v) is 11.4. The van der Waals surface area contributed by atoms with Crippen LogP contribution in [0.25, 0.3) is 5.76 Å². The molecule has 1 saturated heterocycles. The molecule has 4 rings (SSSR count). The molecule has 186 valence electrons. The summed E-state index contributed by atoms with van der Waals surface area (Å²) in [6.45, 7) is 1.77. The summed E-state index contributed by atoms with van der Waals surface area (Å²) in [6.07, 6.45) is 0. The van der Waals surface area contributed by atoms with Crippen molar-refractivity contribution in [2.75, 3.05) is 19.1 Å². The van der Waals surface area contributed by atoms with Crippen LogP contribution in [0.15, 0.2) is 54.1 Å². The Hall–Kier alpha value is -3.88. The maximum absolute atomic E-state index is 13.4. The lowest BCUT2D eigenvalue weighted by atomic mass is 9.94. The van der Waals surface area contributed by atoms with Crippen LogP contribution < -0.4 is 14.4 Å². The van der Waals surface area contributed by atoms with Crippen molar-refractivity contribution in [2.45, 2.75) is 13.0 Å². The second-order valence-electron chi connectivity index (χ2n) is 8.04. The molecule has 36 heavy (non-hydrogen) atoms. The first kappa shape index (κ1) is 25.2. The first-order valence-electron chi connectivity index (χ1n) is 10.6. The lowest BCUT2D eigenvalue weighted by Gasteiger charge is -2.26. The number of hydrogen-bond acceptors (Lipinski definition) is 7. The summed E-state index contributed by atoms with van der Waals surface area (Å²) in [5.74, 6) is -2.76. The van der Waals surface area contributed by atoms with Crippen LogP contribution in [0.4, 0.5) is 5.69 Å². The largest absolute Gasteiger partial charge is 0.508 e. The van der Waals surface area contributed by atoms with Gasteiger partial charge in [0.2, 0.25) is 0 Å². The minimum absolute atomic E-state index is 0.0236. The van der Waals surface area contributed by atoms with E-state index in [9.17, 15) is 24.9 Å². The number of phenolic OH excluding ortho intramolecular Hbond substituents is 2. The Labute approximate surface area is 216 Å². The number of nitrogens with zero attached hydrogens (tertiary/aromatic N) is 1. The summed E-state index contributed by atoms with van der Waals surface area (Å²) in [7, 11) is 2.67. The summed E-state index contributed by atoms with van der Waals surface area (Å²) in [5.41, 5.74) is 0.862. The van der Waals surface area contributed by atoms with E-state index in [1.165, 1.54) is 50.6 Å². The van der Waals surface area contributed by atoms with Crippen molar-refractivity contribution >= 4 is 46.3 Å². The molecule has 3 N–H and O–H groups in total. The number of amides is 1. The Balaban J connectivity index is 2.04. The number of aliphatic hydroxyl groups is 1. The van der Waals surface area contributed by atoms with Crippen LogP contribution in [0, 0.1) is 6.92 Å². The minimum atomic E-state index is -1.16. The monoisotopic (exact) mass is 529 g/mol. The normalized spacial score (nSPS) is 16.9. The highest BCUT2D eigenvalue weighted by molar-refractivity contribution is 6.52. The fourth-order valence-electron chi connectivity index (χ4n) is 4.17. The van der Waals surface area contributed by atoms with Crippen LogP contribution in [0.5, 0.6) is 23.0 Å². The molecule has 1 fully saturated rings. The summed E-state index contributed by atoms with van der Waals surface area (Å²) < 4.78 is 10.6. The average molecular weight is 530 g/mol. The molecular formula is C26H21Cl2NO7. The number of anilines is 1. The number of halogens is 2. The number of rotatable bonds is 5. The first-order chi connectivity index (χ1) is 17.1. The molecule has 10 heteroatoms. The lowest BCUT2D eigenvalue weighted by molar-refractivity contribution is -0.132.